The predicted molar refractivity (Wildman–Crippen MR) is 77.6 cm³/mol. The zero-order chi connectivity index (χ0) is 15.0. The molecule has 1 aromatic carbocycles. The number of aliphatic hydroxyl groups is 1. The first kappa shape index (κ1) is 15.3. The van der Waals surface area contributed by atoms with Crippen LogP contribution in [0.25, 0.3) is 0 Å². The topological polar surface area (TPSA) is 63.6 Å². The van der Waals surface area contributed by atoms with Gasteiger partial charge in [-0.3, -0.25) is 0 Å². The molecule has 0 heterocycles. The zero-order valence-electron chi connectivity index (χ0n) is 12.2. The van der Waals surface area contributed by atoms with Gasteiger partial charge in [-0.2, -0.15) is 0 Å². The van der Waals surface area contributed by atoms with Crippen molar-refractivity contribution in [3.05, 3.63) is 24.3 Å². The summed E-state index contributed by atoms with van der Waals surface area (Å²) in [6, 6.07) is 6.47. The van der Waals surface area contributed by atoms with Crippen LogP contribution in [0.2, 0.25) is 0 Å². The molecule has 0 bridgehead atoms. The number of rotatable bonds is 5. The molecule has 1 saturated carbocycles. The summed E-state index contributed by atoms with van der Waals surface area (Å²) in [7, 11) is -3.18. The van der Waals surface area contributed by atoms with E-state index >= 15 is 0 Å². The number of sulfone groups is 1. The number of benzene rings is 1. The first-order chi connectivity index (χ1) is 9.33. The van der Waals surface area contributed by atoms with Crippen molar-refractivity contribution >= 4 is 9.84 Å². The minimum Gasteiger partial charge on any atom is -0.490 e. The normalized spacial score (nSPS) is 25.0. The monoisotopic (exact) mass is 298 g/mol. The van der Waals surface area contributed by atoms with Gasteiger partial charge in [0.05, 0.1) is 11.0 Å². The summed E-state index contributed by atoms with van der Waals surface area (Å²) in [5, 5.41) is 10.00. The van der Waals surface area contributed by atoms with E-state index < -0.39 is 9.84 Å². The highest BCUT2D eigenvalue weighted by Crippen LogP contribution is 2.48. The Labute approximate surface area is 120 Å². The highest BCUT2D eigenvalue weighted by molar-refractivity contribution is 7.90. The molecule has 1 N–H and O–H groups in total. The molecule has 2 unspecified atom stereocenters. The summed E-state index contributed by atoms with van der Waals surface area (Å²) < 4.78 is 28.7. The van der Waals surface area contributed by atoms with Gasteiger partial charge in [-0.15, -0.1) is 0 Å². The fourth-order valence-electron chi connectivity index (χ4n) is 3.00. The summed E-state index contributed by atoms with van der Waals surface area (Å²) >= 11 is 0. The molecular formula is C15H22O4S. The van der Waals surface area contributed by atoms with E-state index in [9.17, 15) is 13.5 Å². The molecule has 5 heteroatoms. The van der Waals surface area contributed by atoms with Gasteiger partial charge < -0.3 is 9.84 Å². The second-order valence-corrected chi connectivity index (χ2v) is 7.56. The molecule has 1 aromatic rings. The van der Waals surface area contributed by atoms with Crippen molar-refractivity contribution in [3.63, 3.8) is 0 Å². The second-order valence-electron chi connectivity index (χ2n) is 5.54. The Morgan fingerprint density at radius 1 is 1.25 bits per heavy atom. The largest absolute Gasteiger partial charge is 0.490 e. The van der Waals surface area contributed by atoms with E-state index in [1.807, 2.05) is 0 Å². The standard InChI is InChI=1S/C15H22O4S/c1-4-15(5-2)13(16)10-14(15)19-11-6-8-12(9-7-11)20(3,17)18/h6-9,13-14,16H,4-5,10H2,1-3H3. The summed E-state index contributed by atoms with van der Waals surface area (Å²) in [5.74, 6) is 0.653. The van der Waals surface area contributed by atoms with Crippen LogP contribution in [-0.4, -0.2) is 32.0 Å². The molecule has 0 radical (unpaired) electrons. The van der Waals surface area contributed by atoms with Gasteiger partial charge in [0.2, 0.25) is 0 Å². The molecule has 1 aliphatic carbocycles. The fraction of sp³-hybridized carbons (Fsp3) is 0.600. The molecule has 0 aromatic heterocycles. The van der Waals surface area contributed by atoms with Crippen LogP contribution in [0, 0.1) is 5.41 Å². The third kappa shape index (κ3) is 2.56. The van der Waals surface area contributed by atoms with Crippen molar-refractivity contribution in [2.24, 2.45) is 5.41 Å². The van der Waals surface area contributed by atoms with Gasteiger partial charge in [-0.1, -0.05) is 13.8 Å². The Bertz CT molecular complexity index is 558. The van der Waals surface area contributed by atoms with Crippen molar-refractivity contribution < 1.29 is 18.3 Å². The van der Waals surface area contributed by atoms with Crippen LogP contribution in [0.4, 0.5) is 0 Å². The molecule has 2 rings (SSSR count). The molecule has 0 amide bonds. The van der Waals surface area contributed by atoms with Gasteiger partial charge in [0.25, 0.3) is 0 Å². The van der Waals surface area contributed by atoms with Crippen molar-refractivity contribution in [3.8, 4) is 5.75 Å². The van der Waals surface area contributed by atoms with Gasteiger partial charge in [-0.05, 0) is 37.1 Å². The van der Waals surface area contributed by atoms with Crippen molar-refractivity contribution in [1.29, 1.82) is 0 Å². The summed E-state index contributed by atoms with van der Waals surface area (Å²) in [5.41, 5.74) is -0.171. The van der Waals surface area contributed by atoms with Crippen molar-refractivity contribution in [2.45, 2.75) is 50.2 Å². The van der Waals surface area contributed by atoms with Crippen LogP contribution in [0.3, 0.4) is 0 Å². The zero-order valence-corrected chi connectivity index (χ0v) is 13.0. The Hall–Kier alpha value is -1.07. The van der Waals surface area contributed by atoms with E-state index in [0.29, 0.717) is 12.2 Å². The minimum atomic E-state index is -3.18. The number of hydrogen-bond donors (Lipinski definition) is 1. The maximum atomic E-state index is 11.4. The minimum absolute atomic E-state index is 0.00316. The average Bonchev–Trinajstić information content (AvgIpc) is 2.39. The predicted octanol–water partition coefficient (Wildman–Crippen LogP) is 2.41. The molecule has 2 atom stereocenters. The maximum absolute atomic E-state index is 11.4. The Morgan fingerprint density at radius 3 is 2.20 bits per heavy atom. The van der Waals surface area contributed by atoms with Gasteiger partial charge in [0.15, 0.2) is 9.84 Å². The number of hydrogen-bond acceptors (Lipinski definition) is 4. The molecule has 0 saturated heterocycles. The number of ether oxygens (including phenoxy) is 1. The lowest BCUT2D eigenvalue weighted by molar-refractivity contribution is -0.159. The van der Waals surface area contributed by atoms with E-state index in [1.165, 1.54) is 6.26 Å². The molecule has 20 heavy (non-hydrogen) atoms. The molecule has 0 aliphatic heterocycles. The van der Waals surface area contributed by atoms with Crippen LogP contribution in [0.5, 0.6) is 5.75 Å². The fourth-order valence-corrected chi connectivity index (χ4v) is 3.63. The Kier molecular flexibility index (Phi) is 4.12. The SMILES string of the molecule is CCC1(CC)C(O)CC1Oc1ccc(S(C)(=O)=O)cc1. The second kappa shape index (κ2) is 5.37. The molecule has 112 valence electrons. The van der Waals surface area contributed by atoms with Crippen LogP contribution >= 0.6 is 0 Å². The van der Waals surface area contributed by atoms with Crippen molar-refractivity contribution in [2.75, 3.05) is 6.26 Å². The van der Waals surface area contributed by atoms with E-state index in [1.54, 1.807) is 24.3 Å². The van der Waals surface area contributed by atoms with E-state index in [2.05, 4.69) is 13.8 Å². The van der Waals surface area contributed by atoms with Gasteiger partial charge in [0.1, 0.15) is 11.9 Å². The van der Waals surface area contributed by atoms with Gasteiger partial charge in [0, 0.05) is 18.1 Å². The third-order valence-electron chi connectivity index (χ3n) is 4.59. The lowest BCUT2D eigenvalue weighted by atomic mass is 9.60. The van der Waals surface area contributed by atoms with Gasteiger partial charge in [-0.25, -0.2) is 8.42 Å². The third-order valence-corrected chi connectivity index (χ3v) is 5.72. The molecule has 1 fully saturated rings. The van der Waals surface area contributed by atoms with Crippen LogP contribution in [0.1, 0.15) is 33.1 Å². The molecular weight excluding hydrogens is 276 g/mol. The first-order valence-corrected chi connectivity index (χ1v) is 8.87. The molecule has 0 spiro atoms. The molecule has 1 aliphatic rings. The maximum Gasteiger partial charge on any atom is 0.175 e. The lowest BCUT2D eigenvalue weighted by Gasteiger charge is -2.52. The average molecular weight is 298 g/mol. The Balaban J connectivity index is 2.12. The smallest absolute Gasteiger partial charge is 0.175 e. The first-order valence-electron chi connectivity index (χ1n) is 6.98. The van der Waals surface area contributed by atoms with Crippen LogP contribution < -0.4 is 4.74 Å². The lowest BCUT2D eigenvalue weighted by Crippen LogP contribution is -2.59. The van der Waals surface area contributed by atoms with E-state index in [-0.39, 0.29) is 22.5 Å². The van der Waals surface area contributed by atoms with Gasteiger partial charge >= 0.3 is 0 Å². The molecule has 4 nitrogen and oxygen atoms in total. The number of aliphatic hydroxyl groups excluding tert-OH is 1. The summed E-state index contributed by atoms with van der Waals surface area (Å²) in [4.78, 5) is 0.288. The van der Waals surface area contributed by atoms with Crippen LogP contribution in [0.15, 0.2) is 29.2 Å². The van der Waals surface area contributed by atoms with Crippen molar-refractivity contribution in [1.82, 2.24) is 0 Å². The summed E-state index contributed by atoms with van der Waals surface area (Å²) in [6.45, 7) is 4.13. The highest BCUT2D eigenvalue weighted by Gasteiger charge is 2.53. The quantitative estimate of drug-likeness (QED) is 0.906. The van der Waals surface area contributed by atoms with E-state index in [0.717, 1.165) is 12.8 Å². The Morgan fingerprint density at radius 2 is 1.80 bits per heavy atom. The summed E-state index contributed by atoms with van der Waals surface area (Å²) in [6.07, 6.45) is 3.25. The van der Waals surface area contributed by atoms with E-state index in [4.69, 9.17) is 4.74 Å². The van der Waals surface area contributed by atoms with Crippen LogP contribution in [-0.2, 0) is 9.84 Å². The highest BCUT2D eigenvalue weighted by atomic mass is 32.2.